The molecule has 0 spiro atoms. The van der Waals surface area contributed by atoms with E-state index in [9.17, 15) is 37.8 Å². The number of hydrogen-bond donors (Lipinski definition) is 3. The summed E-state index contributed by atoms with van der Waals surface area (Å²) < 4.78 is 52.4. The number of rotatable bonds is 11. The molecule has 0 aliphatic heterocycles. The van der Waals surface area contributed by atoms with Crippen molar-refractivity contribution in [2.24, 2.45) is 23.2 Å². The Morgan fingerprint density at radius 3 is 2.46 bits per heavy atom. The van der Waals surface area contributed by atoms with E-state index in [1.54, 1.807) is 6.07 Å². The Labute approximate surface area is 291 Å². The topological polar surface area (TPSA) is 125 Å². The second-order valence-corrected chi connectivity index (χ2v) is 14.6. The van der Waals surface area contributed by atoms with Gasteiger partial charge in [0.05, 0.1) is 28.9 Å². The molecule has 6 unspecified atom stereocenters. The first-order valence-corrected chi connectivity index (χ1v) is 17.0. The summed E-state index contributed by atoms with van der Waals surface area (Å²) in [4.78, 5) is 40.6. The van der Waals surface area contributed by atoms with E-state index in [0.29, 0.717) is 27.3 Å². The fourth-order valence-corrected chi connectivity index (χ4v) is 8.36. The quantitative estimate of drug-likeness (QED) is 0.210. The number of carbonyl (C=O) groups excluding carboxylic acids is 3. The molecule has 6 rings (SSSR count). The molecule has 2 aromatic carbocycles. The molecule has 2 bridgehead atoms. The number of nitrogens with one attached hydrogen (secondary N) is 1. The zero-order valence-electron chi connectivity index (χ0n) is 26.9. The van der Waals surface area contributed by atoms with Gasteiger partial charge in [0, 0.05) is 36.2 Å². The van der Waals surface area contributed by atoms with Crippen molar-refractivity contribution in [3.8, 4) is 11.5 Å². The Kier molecular flexibility index (Phi) is 10.8. The second kappa shape index (κ2) is 14.4. The van der Waals surface area contributed by atoms with Crippen LogP contribution in [0.3, 0.4) is 0 Å². The van der Waals surface area contributed by atoms with Crippen LogP contribution in [-0.2, 0) is 11.0 Å². The van der Waals surface area contributed by atoms with Crippen molar-refractivity contribution in [1.82, 2.24) is 10.2 Å². The number of aldehydes is 1. The first-order chi connectivity index (χ1) is 22.7. The molecule has 3 fully saturated rings. The minimum absolute atomic E-state index is 0.0238. The minimum atomic E-state index is -4.58. The van der Waals surface area contributed by atoms with Gasteiger partial charge < -0.3 is 29.9 Å². The maximum absolute atomic E-state index is 14.3. The van der Waals surface area contributed by atoms with Crippen LogP contribution in [0, 0.1) is 26.7 Å². The molecule has 260 valence electrons. The summed E-state index contributed by atoms with van der Waals surface area (Å²) in [6.45, 7) is 4.34. The summed E-state index contributed by atoms with van der Waals surface area (Å²) in [6.07, 6.45) is -2.19. The second-order valence-electron chi connectivity index (χ2n) is 13.4. The van der Waals surface area contributed by atoms with Crippen LogP contribution >= 0.6 is 22.6 Å². The van der Waals surface area contributed by atoms with Crippen LogP contribution in [0.5, 0.6) is 11.5 Å². The summed E-state index contributed by atoms with van der Waals surface area (Å²) in [6, 6.07) is 6.06. The smallest absolute Gasteiger partial charge is 0.416 e. The van der Waals surface area contributed by atoms with Gasteiger partial charge in [-0.15, -0.1) is 0 Å². The highest BCUT2D eigenvalue weighted by Crippen LogP contribution is 2.61. The van der Waals surface area contributed by atoms with Crippen LogP contribution in [0.1, 0.15) is 65.8 Å². The van der Waals surface area contributed by atoms with Gasteiger partial charge in [0.1, 0.15) is 18.5 Å². The monoisotopic (exact) mass is 784 g/mol. The van der Waals surface area contributed by atoms with E-state index in [1.807, 2.05) is 22.6 Å². The molecule has 9 nitrogen and oxygen atoms in total. The zero-order chi connectivity index (χ0) is 35.0. The highest BCUT2D eigenvalue weighted by Gasteiger charge is 2.55. The molecule has 3 N–H and O–H groups in total. The number of halogens is 4. The van der Waals surface area contributed by atoms with Gasteiger partial charge in [0.15, 0.2) is 11.5 Å². The van der Waals surface area contributed by atoms with Crippen molar-refractivity contribution >= 4 is 40.7 Å². The van der Waals surface area contributed by atoms with Gasteiger partial charge >= 0.3 is 6.18 Å². The van der Waals surface area contributed by atoms with E-state index >= 15 is 0 Å². The predicted octanol–water partition coefficient (Wildman–Crippen LogP) is 5.26. The van der Waals surface area contributed by atoms with E-state index in [2.05, 4.69) is 19.2 Å². The molecule has 6 atom stereocenters. The fourth-order valence-electron chi connectivity index (χ4n) is 7.61. The number of aliphatic hydroxyl groups excluding tert-OH is 2. The van der Waals surface area contributed by atoms with Crippen molar-refractivity contribution in [3.05, 3.63) is 68.3 Å². The number of amides is 2. The molecule has 48 heavy (non-hydrogen) atoms. The Morgan fingerprint density at radius 2 is 1.88 bits per heavy atom. The van der Waals surface area contributed by atoms with Gasteiger partial charge in [-0.3, -0.25) is 14.4 Å². The summed E-state index contributed by atoms with van der Waals surface area (Å²) in [5.74, 6) is 0.333. The number of nitrogens with zero attached hydrogens (tertiary/aromatic N) is 1. The van der Waals surface area contributed by atoms with E-state index in [-0.39, 0.29) is 60.1 Å². The third kappa shape index (κ3) is 7.23. The molecule has 3 saturated carbocycles. The molecule has 2 aromatic rings. The lowest BCUT2D eigenvalue weighted by Gasteiger charge is -2.61. The Balaban J connectivity index is 1.54. The fraction of sp³-hybridized carbons (Fsp3) is 0.514. The first-order valence-electron chi connectivity index (χ1n) is 15.9. The lowest BCUT2D eigenvalue weighted by atomic mass is 9.45. The van der Waals surface area contributed by atoms with E-state index < -0.39 is 41.8 Å². The van der Waals surface area contributed by atoms with Gasteiger partial charge in [-0.05, 0) is 107 Å². The van der Waals surface area contributed by atoms with E-state index in [0.717, 1.165) is 43.5 Å². The van der Waals surface area contributed by atoms with Crippen LogP contribution < -0.4 is 14.8 Å². The number of hydrogen-bond acceptors (Lipinski definition) is 7. The number of benzene rings is 2. The lowest BCUT2D eigenvalue weighted by Crippen LogP contribution is -2.59. The maximum atomic E-state index is 14.3. The standard InChI is InChI=1S/C35H40F3IN2O7/c1-34(2)24-9-6-21(25(34)16-24)17-41(33(46)20-4-7-23(8-5-20)35(36,37)38)27-14-22(32(45)40-10-11-42)15-28(30(27)44)48-31-26(39)12-19(18-43)13-29(31)47-3/h4-5,7-8,12-13,15,18,21,24-25,27-28,30,42,44H,6,9-11,14,16-17H2,1-3H3,(H,40,45). The van der Waals surface area contributed by atoms with E-state index in [1.165, 1.54) is 24.2 Å². The molecule has 2 amide bonds. The molecule has 4 aliphatic rings. The number of methoxy groups -OCH3 is 1. The van der Waals surface area contributed by atoms with Crippen LogP contribution in [0.2, 0.25) is 0 Å². The van der Waals surface area contributed by atoms with Crippen LogP contribution in [0.15, 0.2) is 48.0 Å². The number of alkyl halides is 3. The predicted molar refractivity (Wildman–Crippen MR) is 179 cm³/mol. The highest BCUT2D eigenvalue weighted by atomic mass is 127. The Morgan fingerprint density at radius 1 is 1.17 bits per heavy atom. The summed E-state index contributed by atoms with van der Waals surface area (Å²) >= 11 is 1.97. The third-order valence-corrected chi connectivity index (χ3v) is 11.2. The average Bonchev–Trinajstić information content (AvgIpc) is 3.06. The highest BCUT2D eigenvalue weighted by molar-refractivity contribution is 14.1. The van der Waals surface area contributed by atoms with Gasteiger partial charge in [0.25, 0.3) is 5.91 Å². The summed E-state index contributed by atoms with van der Waals surface area (Å²) in [7, 11) is 1.40. The van der Waals surface area contributed by atoms with Crippen molar-refractivity contribution in [2.75, 3.05) is 26.8 Å². The molecule has 0 heterocycles. The van der Waals surface area contributed by atoms with Crippen molar-refractivity contribution in [1.29, 1.82) is 0 Å². The zero-order valence-corrected chi connectivity index (χ0v) is 29.1. The van der Waals surface area contributed by atoms with Crippen LogP contribution in [0.4, 0.5) is 13.2 Å². The van der Waals surface area contributed by atoms with Gasteiger partial charge in [0.2, 0.25) is 5.91 Å². The Hall–Kier alpha value is -3.17. The molecule has 13 heteroatoms. The van der Waals surface area contributed by atoms with Crippen LogP contribution in [-0.4, -0.2) is 78.3 Å². The Bertz CT molecular complexity index is 1560. The van der Waals surface area contributed by atoms with Crippen molar-refractivity contribution in [3.63, 3.8) is 0 Å². The normalized spacial score (nSPS) is 26.1. The number of carbonyl (C=O) groups is 3. The van der Waals surface area contributed by atoms with Gasteiger partial charge in [-0.2, -0.15) is 13.2 Å². The first kappa shape index (κ1) is 36.1. The third-order valence-electron chi connectivity index (χ3n) is 10.4. The molecule has 0 saturated heterocycles. The number of ether oxygens (including phenoxy) is 2. The number of fused-ring (bicyclic) bond motifs is 2. The summed E-state index contributed by atoms with van der Waals surface area (Å²) in [5.41, 5.74) is -0.247. The molecule has 0 aromatic heterocycles. The lowest BCUT2D eigenvalue weighted by molar-refractivity contribution is -0.137. The van der Waals surface area contributed by atoms with Crippen molar-refractivity contribution < 1.29 is 47.2 Å². The largest absolute Gasteiger partial charge is 0.493 e. The summed E-state index contributed by atoms with van der Waals surface area (Å²) in [5, 5.41) is 23.9. The average molecular weight is 785 g/mol. The molecular formula is C35H40F3IN2O7. The van der Waals surface area contributed by atoms with Crippen molar-refractivity contribution in [2.45, 2.75) is 64.0 Å². The SMILES string of the molecule is COc1cc(C=O)cc(I)c1OC1C=C(C(=O)NCCO)CC(N(CC2CCC3CC2C3(C)C)C(=O)c2ccc(C(F)(F)F)cc2)C1O. The van der Waals surface area contributed by atoms with Crippen LogP contribution in [0.25, 0.3) is 0 Å². The van der Waals surface area contributed by atoms with Gasteiger partial charge in [-0.1, -0.05) is 13.8 Å². The maximum Gasteiger partial charge on any atom is 0.416 e. The molecule has 4 aliphatic carbocycles. The minimum Gasteiger partial charge on any atom is -0.493 e. The van der Waals surface area contributed by atoms with E-state index in [4.69, 9.17) is 9.47 Å². The molecule has 0 radical (unpaired) electrons. The molecular weight excluding hydrogens is 744 g/mol. The number of aliphatic hydroxyl groups is 2. The van der Waals surface area contributed by atoms with Gasteiger partial charge in [-0.25, -0.2) is 0 Å².